The van der Waals surface area contributed by atoms with Gasteiger partial charge < -0.3 is 4.90 Å². The number of hydrogen-bond donors (Lipinski definition) is 0. The van der Waals surface area contributed by atoms with Crippen molar-refractivity contribution >= 4 is 17.5 Å². The Balaban J connectivity index is 2.58. The molecule has 106 valence electrons. The van der Waals surface area contributed by atoms with Gasteiger partial charge in [0.05, 0.1) is 5.56 Å². The second-order valence-electron chi connectivity index (χ2n) is 4.00. The van der Waals surface area contributed by atoms with Crippen LogP contribution in [0, 0.1) is 11.6 Å². The molecular formula is C13H13ClF2N4. The lowest BCUT2D eigenvalue weighted by Crippen LogP contribution is -2.24. The molecule has 1 heterocycles. The zero-order valence-corrected chi connectivity index (χ0v) is 11.8. The summed E-state index contributed by atoms with van der Waals surface area (Å²) in [6.45, 7) is 5.14. The molecule has 1 aromatic carbocycles. The Hall–Kier alpha value is -1.82. The molecule has 0 saturated heterocycles. The lowest BCUT2D eigenvalue weighted by molar-refractivity contribution is 0.587. The normalized spacial score (nSPS) is 10.7. The summed E-state index contributed by atoms with van der Waals surface area (Å²) in [5.41, 5.74) is -0.301. The van der Waals surface area contributed by atoms with Gasteiger partial charge in [0, 0.05) is 13.1 Å². The standard InChI is InChI=1S/C13H13ClF2N4/c1-3-20(4-2)13-18-11(17-12(14)19-13)10-8(15)6-5-7-9(10)16/h5-7H,3-4H2,1-2H3. The van der Waals surface area contributed by atoms with Crippen LogP contribution in [0.25, 0.3) is 11.4 Å². The minimum atomic E-state index is -0.738. The van der Waals surface area contributed by atoms with Gasteiger partial charge in [0.2, 0.25) is 11.2 Å². The molecule has 2 rings (SSSR count). The first kappa shape index (κ1) is 14.6. The van der Waals surface area contributed by atoms with Crippen LogP contribution in [-0.2, 0) is 0 Å². The SMILES string of the molecule is CCN(CC)c1nc(Cl)nc(-c2c(F)cccc2F)n1. The van der Waals surface area contributed by atoms with Crippen LogP contribution in [0.15, 0.2) is 18.2 Å². The third kappa shape index (κ3) is 2.85. The van der Waals surface area contributed by atoms with Gasteiger partial charge in [-0.05, 0) is 37.6 Å². The van der Waals surface area contributed by atoms with E-state index in [2.05, 4.69) is 15.0 Å². The average Bonchev–Trinajstić information content (AvgIpc) is 2.39. The molecule has 0 aliphatic heterocycles. The summed E-state index contributed by atoms with van der Waals surface area (Å²) in [7, 11) is 0. The molecule has 0 saturated carbocycles. The van der Waals surface area contributed by atoms with E-state index in [-0.39, 0.29) is 16.7 Å². The molecule has 0 radical (unpaired) electrons. The van der Waals surface area contributed by atoms with Crippen molar-refractivity contribution in [2.75, 3.05) is 18.0 Å². The molecule has 20 heavy (non-hydrogen) atoms. The summed E-state index contributed by atoms with van der Waals surface area (Å²) in [6.07, 6.45) is 0. The number of nitrogens with zero attached hydrogens (tertiary/aromatic N) is 4. The predicted molar refractivity (Wildman–Crippen MR) is 73.8 cm³/mol. The van der Waals surface area contributed by atoms with E-state index in [9.17, 15) is 8.78 Å². The highest BCUT2D eigenvalue weighted by Gasteiger charge is 2.17. The van der Waals surface area contributed by atoms with Crippen molar-refractivity contribution in [2.45, 2.75) is 13.8 Å². The highest BCUT2D eigenvalue weighted by Crippen LogP contribution is 2.25. The Morgan fingerprint density at radius 1 is 1.05 bits per heavy atom. The van der Waals surface area contributed by atoms with E-state index in [0.717, 1.165) is 12.1 Å². The number of aromatic nitrogens is 3. The summed E-state index contributed by atoms with van der Waals surface area (Å²) in [6, 6.07) is 3.57. The zero-order chi connectivity index (χ0) is 14.7. The number of benzene rings is 1. The molecule has 0 spiro atoms. The number of anilines is 1. The molecule has 0 fully saturated rings. The first-order valence-corrected chi connectivity index (χ1v) is 6.55. The van der Waals surface area contributed by atoms with E-state index in [1.54, 1.807) is 0 Å². The fourth-order valence-electron chi connectivity index (χ4n) is 1.81. The monoisotopic (exact) mass is 298 g/mol. The number of hydrogen-bond acceptors (Lipinski definition) is 4. The maximum atomic E-state index is 13.8. The van der Waals surface area contributed by atoms with Crippen molar-refractivity contribution in [2.24, 2.45) is 0 Å². The van der Waals surface area contributed by atoms with Crippen LogP contribution in [0.5, 0.6) is 0 Å². The van der Waals surface area contributed by atoms with Crippen molar-refractivity contribution in [3.05, 3.63) is 35.1 Å². The topological polar surface area (TPSA) is 41.9 Å². The van der Waals surface area contributed by atoms with Crippen molar-refractivity contribution in [3.8, 4) is 11.4 Å². The first-order chi connectivity index (χ1) is 9.56. The summed E-state index contributed by atoms with van der Waals surface area (Å²) in [4.78, 5) is 13.7. The van der Waals surface area contributed by atoms with Gasteiger partial charge in [0.25, 0.3) is 0 Å². The van der Waals surface area contributed by atoms with Crippen LogP contribution in [0.2, 0.25) is 5.28 Å². The van der Waals surface area contributed by atoms with E-state index in [1.807, 2.05) is 18.7 Å². The van der Waals surface area contributed by atoms with Crippen molar-refractivity contribution in [3.63, 3.8) is 0 Å². The fraction of sp³-hybridized carbons (Fsp3) is 0.308. The van der Waals surface area contributed by atoms with E-state index in [1.165, 1.54) is 6.07 Å². The third-order valence-corrected chi connectivity index (χ3v) is 3.00. The maximum absolute atomic E-state index is 13.8. The van der Waals surface area contributed by atoms with Crippen LogP contribution < -0.4 is 4.90 Å². The van der Waals surface area contributed by atoms with Gasteiger partial charge in [-0.3, -0.25) is 0 Å². The highest BCUT2D eigenvalue weighted by atomic mass is 35.5. The predicted octanol–water partition coefficient (Wildman–Crippen LogP) is 3.32. The minimum absolute atomic E-state index is 0.0976. The van der Waals surface area contributed by atoms with E-state index >= 15 is 0 Å². The summed E-state index contributed by atoms with van der Waals surface area (Å²) in [5, 5.41) is -0.0976. The Bertz CT molecular complexity index is 597. The largest absolute Gasteiger partial charge is 0.341 e. The van der Waals surface area contributed by atoms with Gasteiger partial charge in [-0.15, -0.1) is 0 Å². The maximum Gasteiger partial charge on any atom is 0.230 e. The van der Waals surface area contributed by atoms with Gasteiger partial charge in [0.15, 0.2) is 5.82 Å². The van der Waals surface area contributed by atoms with Crippen LogP contribution in [0.1, 0.15) is 13.8 Å². The van der Waals surface area contributed by atoms with Gasteiger partial charge in [-0.25, -0.2) is 8.78 Å². The highest BCUT2D eigenvalue weighted by molar-refractivity contribution is 6.28. The molecule has 0 N–H and O–H groups in total. The summed E-state index contributed by atoms with van der Waals surface area (Å²) < 4.78 is 27.5. The minimum Gasteiger partial charge on any atom is -0.341 e. The number of halogens is 3. The molecule has 2 aromatic rings. The molecular weight excluding hydrogens is 286 g/mol. The Morgan fingerprint density at radius 2 is 1.65 bits per heavy atom. The second kappa shape index (κ2) is 6.09. The Kier molecular flexibility index (Phi) is 4.44. The molecule has 0 amide bonds. The van der Waals surface area contributed by atoms with E-state index in [4.69, 9.17) is 11.6 Å². The Labute approximate surface area is 120 Å². The first-order valence-electron chi connectivity index (χ1n) is 6.17. The van der Waals surface area contributed by atoms with Crippen LogP contribution in [-0.4, -0.2) is 28.0 Å². The van der Waals surface area contributed by atoms with Crippen molar-refractivity contribution in [1.82, 2.24) is 15.0 Å². The third-order valence-electron chi connectivity index (χ3n) is 2.83. The molecule has 4 nitrogen and oxygen atoms in total. The number of rotatable bonds is 4. The zero-order valence-electron chi connectivity index (χ0n) is 11.1. The lowest BCUT2D eigenvalue weighted by Gasteiger charge is -2.18. The lowest BCUT2D eigenvalue weighted by atomic mass is 10.2. The summed E-state index contributed by atoms with van der Waals surface area (Å²) in [5.74, 6) is -1.29. The molecule has 1 aromatic heterocycles. The molecule has 0 unspecified atom stereocenters. The van der Waals surface area contributed by atoms with Gasteiger partial charge in [-0.2, -0.15) is 15.0 Å². The molecule has 0 aliphatic carbocycles. The molecule has 0 bridgehead atoms. The van der Waals surface area contributed by atoms with Crippen LogP contribution >= 0.6 is 11.6 Å². The van der Waals surface area contributed by atoms with Crippen molar-refractivity contribution < 1.29 is 8.78 Å². The smallest absolute Gasteiger partial charge is 0.230 e. The van der Waals surface area contributed by atoms with Crippen LogP contribution in [0.4, 0.5) is 14.7 Å². The van der Waals surface area contributed by atoms with Gasteiger partial charge in [-0.1, -0.05) is 6.07 Å². The molecule has 0 aliphatic rings. The van der Waals surface area contributed by atoms with Crippen LogP contribution in [0.3, 0.4) is 0 Å². The fourth-order valence-corrected chi connectivity index (χ4v) is 1.97. The average molecular weight is 299 g/mol. The van der Waals surface area contributed by atoms with Crippen molar-refractivity contribution in [1.29, 1.82) is 0 Å². The van der Waals surface area contributed by atoms with Gasteiger partial charge in [0.1, 0.15) is 11.6 Å². The van der Waals surface area contributed by atoms with Gasteiger partial charge >= 0.3 is 0 Å². The molecule has 0 atom stereocenters. The summed E-state index contributed by atoms with van der Waals surface area (Å²) >= 11 is 5.83. The second-order valence-corrected chi connectivity index (χ2v) is 4.34. The Morgan fingerprint density at radius 3 is 2.20 bits per heavy atom. The molecule has 7 heteroatoms. The quantitative estimate of drug-likeness (QED) is 0.868. The van der Waals surface area contributed by atoms with E-state index < -0.39 is 11.6 Å². The van der Waals surface area contributed by atoms with E-state index in [0.29, 0.717) is 19.0 Å².